The summed E-state index contributed by atoms with van der Waals surface area (Å²) in [6.45, 7) is 2.00. The van der Waals surface area contributed by atoms with Crippen LogP contribution in [0.3, 0.4) is 0 Å². The van der Waals surface area contributed by atoms with Crippen molar-refractivity contribution >= 4 is 26.9 Å². The summed E-state index contributed by atoms with van der Waals surface area (Å²) in [4.78, 5) is 11.4. The summed E-state index contributed by atoms with van der Waals surface area (Å²) in [5, 5.41) is -0.615. The van der Waals surface area contributed by atoms with Crippen LogP contribution in [0.1, 0.15) is 122 Å². The fourth-order valence-corrected chi connectivity index (χ4v) is 5.88. The van der Waals surface area contributed by atoms with E-state index in [2.05, 4.69) is 35.1 Å². The standard InChI is InChI=1S/C28H48ClNO3S/c1-2-3-24-27(28(29)31)30-34(32,33)25-20-15-13-11-9-7-5-4-6-8-10-12-14-17-21-26-22-18-16-19-23-26/h16,18-19,22-23,27,30H,2-15,17,20-21,24-25H2,1H3. The van der Waals surface area contributed by atoms with Crippen molar-refractivity contribution in [2.45, 2.75) is 129 Å². The molecule has 0 saturated carbocycles. The second-order valence-corrected chi connectivity index (χ2v) is 11.9. The van der Waals surface area contributed by atoms with Gasteiger partial charge in [-0.15, -0.1) is 0 Å². The molecule has 1 rings (SSSR count). The zero-order chi connectivity index (χ0) is 24.9. The van der Waals surface area contributed by atoms with Crippen molar-refractivity contribution in [2.75, 3.05) is 5.75 Å². The van der Waals surface area contributed by atoms with Crippen molar-refractivity contribution in [2.24, 2.45) is 0 Å². The lowest BCUT2D eigenvalue weighted by atomic mass is 10.0. The third-order valence-electron chi connectivity index (χ3n) is 6.41. The smallest absolute Gasteiger partial charge is 0.239 e. The number of rotatable bonds is 23. The second-order valence-electron chi connectivity index (χ2n) is 9.62. The first kappa shape index (κ1) is 31.1. The molecule has 0 aromatic heterocycles. The van der Waals surface area contributed by atoms with Gasteiger partial charge in [0.25, 0.3) is 0 Å². The highest BCUT2D eigenvalue weighted by molar-refractivity contribution is 7.89. The Hall–Kier alpha value is -0.910. The van der Waals surface area contributed by atoms with E-state index in [0.29, 0.717) is 12.8 Å². The van der Waals surface area contributed by atoms with Gasteiger partial charge < -0.3 is 0 Å². The number of carbonyl (C=O) groups is 1. The van der Waals surface area contributed by atoms with E-state index in [1.165, 1.54) is 82.6 Å². The number of halogens is 1. The van der Waals surface area contributed by atoms with Crippen molar-refractivity contribution in [3.8, 4) is 0 Å². The molecule has 0 fully saturated rings. The fourth-order valence-electron chi connectivity index (χ4n) is 4.29. The van der Waals surface area contributed by atoms with Gasteiger partial charge in [0.15, 0.2) is 0 Å². The van der Waals surface area contributed by atoms with Gasteiger partial charge in [-0.2, -0.15) is 0 Å². The molecule has 0 radical (unpaired) electrons. The summed E-state index contributed by atoms with van der Waals surface area (Å²) in [6, 6.07) is 9.99. The minimum atomic E-state index is -3.44. The number of hydrogen-bond acceptors (Lipinski definition) is 3. The molecular formula is C28H48ClNO3S. The molecule has 0 bridgehead atoms. The van der Waals surface area contributed by atoms with Gasteiger partial charge in [-0.25, -0.2) is 13.1 Å². The Morgan fingerprint density at radius 2 is 1.24 bits per heavy atom. The number of hydrogen-bond donors (Lipinski definition) is 1. The average Bonchev–Trinajstić information content (AvgIpc) is 2.82. The van der Waals surface area contributed by atoms with Crippen molar-refractivity contribution in [1.82, 2.24) is 4.72 Å². The van der Waals surface area contributed by atoms with Crippen LogP contribution in [0.2, 0.25) is 0 Å². The highest BCUT2D eigenvalue weighted by Crippen LogP contribution is 2.14. The summed E-state index contributed by atoms with van der Waals surface area (Å²) < 4.78 is 26.8. The van der Waals surface area contributed by atoms with Gasteiger partial charge in [-0.1, -0.05) is 127 Å². The summed E-state index contributed by atoms with van der Waals surface area (Å²) in [7, 11) is -3.44. The van der Waals surface area contributed by atoms with Gasteiger partial charge in [0.1, 0.15) is 0 Å². The monoisotopic (exact) mass is 513 g/mol. The quantitative estimate of drug-likeness (QED) is 0.119. The van der Waals surface area contributed by atoms with Crippen LogP contribution in [0.5, 0.6) is 0 Å². The summed E-state index contributed by atoms with van der Waals surface area (Å²) in [6.07, 6.45) is 20.4. The van der Waals surface area contributed by atoms with Crippen molar-refractivity contribution < 1.29 is 13.2 Å². The minimum Gasteiger partial charge on any atom is -0.279 e. The van der Waals surface area contributed by atoms with Crippen LogP contribution >= 0.6 is 11.6 Å². The Balaban J connectivity index is 1.87. The van der Waals surface area contributed by atoms with E-state index in [9.17, 15) is 13.2 Å². The van der Waals surface area contributed by atoms with E-state index in [1.807, 2.05) is 6.92 Å². The maximum Gasteiger partial charge on any atom is 0.239 e. The van der Waals surface area contributed by atoms with Crippen molar-refractivity contribution in [3.05, 3.63) is 35.9 Å². The Bertz CT molecular complexity index is 724. The van der Waals surface area contributed by atoms with Crippen LogP contribution in [-0.2, 0) is 21.2 Å². The average molecular weight is 514 g/mol. The number of unbranched alkanes of at least 4 members (excludes halogenated alkanes) is 14. The molecule has 0 aliphatic heterocycles. The second kappa shape index (κ2) is 20.3. The maximum atomic E-state index is 12.2. The highest BCUT2D eigenvalue weighted by Gasteiger charge is 2.22. The SMILES string of the molecule is CCCCC(NS(=O)(=O)CCCCCCCCCCCCCCCCc1ccccc1)C(=O)Cl. The minimum absolute atomic E-state index is 0.0754. The normalized spacial score (nSPS) is 12.6. The maximum absolute atomic E-state index is 12.2. The fraction of sp³-hybridized carbons (Fsp3) is 0.750. The first-order valence-electron chi connectivity index (χ1n) is 13.7. The van der Waals surface area contributed by atoms with Crippen molar-refractivity contribution in [1.29, 1.82) is 0 Å². The van der Waals surface area contributed by atoms with Crippen LogP contribution in [0.15, 0.2) is 30.3 Å². The van der Waals surface area contributed by atoms with Crippen LogP contribution in [0.25, 0.3) is 0 Å². The molecule has 4 nitrogen and oxygen atoms in total. The van der Waals surface area contributed by atoms with Gasteiger partial charge in [0.05, 0.1) is 11.8 Å². The molecule has 1 aromatic rings. The molecule has 34 heavy (non-hydrogen) atoms. The third kappa shape index (κ3) is 17.5. The van der Waals surface area contributed by atoms with Gasteiger partial charge in [-0.3, -0.25) is 4.79 Å². The number of benzene rings is 1. The molecule has 0 aliphatic carbocycles. The molecule has 0 saturated heterocycles. The molecule has 1 N–H and O–H groups in total. The molecule has 0 heterocycles. The first-order chi connectivity index (χ1) is 16.4. The van der Waals surface area contributed by atoms with E-state index >= 15 is 0 Å². The molecule has 1 unspecified atom stereocenters. The topological polar surface area (TPSA) is 63.2 Å². The molecule has 196 valence electrons. The Kier molecular flexibility index (Phi) is 18.6. The number of sulfonamides is 1. The Labute approximate surface area is 214 Å². The molecular weight excluding hydrogens is 466 g/mol. The number of nitrogens with one attached hydrogen (secondary N) is 1. The molecule has 0 amide bonds. The van der Waals surface area contributed by atoms with E-state index in [-0.39, 0.29) is 5.75 Å². The zero-order valence-corrected chi connectivity index (χ0v) is 23.0. The van der Waals surface area contributed by atoms with Gasteiger partial charge in [-0.05, 0) is 42.8 Å². The van der Waals surface area contributed by atoms with Crippen LogP contribution in [-0.4, -0.2) is 25.5 Å². The highest BCUT2D eigenvalue weighted by atomic mass is 35.5. The molecule has 0 aliphatic rings. The molecule has 1 aromatic carbocycles. The number of carbonyl (C=O) groups excluding carboxylic acids is 1. The lowest BCUT2D eigenvalue weighted by molar-refractivity contribution is -0.113. The lowest BCUT2D eigenvalue weighted by Crippen LogP contribution is -2.40. The molecule has 1 atom stereocenters. The Morgan fingerprint density at radius 1 is 0.765 bits per heavy atom. The van der Waals surface area contributed by atoms with Gasteiger partial charge >= 0.3 is 0 Å². The summed E-state index contributed by atoms with van der Waals surface area (Å²) >= 11 is 5.54. The third-order valence-corrected chi connectivity index (χ3v) is 8.15. The zero-order valence-electron chi connectivity index (χ0n) is 21.4. The number of aryl methyl sites for hydroxylation is 1. The van der Waals surface area contributed by atoms with E-state index in [1.54, 1.807) is 0 Å². The van der Waals surface area contributed by atoms with E-state index < -0.39 is 21.3 Å². The summed E-state index contributed by atoms with van der Waals surface area (Å²) in [5.41, 5.74) is 1.46. The first-order valence-corrected chi connectivity index (χ1v) is 15.7. The van der Waals surface area contributed by atoms with Gasteiger partial charge in [0, 0.05) is 0 Å². The predicted molar refractivity (Wildman–Crippen MR) is 146 cm³/mol. The predicted octanol–water partition coefficient (Wildman–Crippen LogP) is 7.93. The summed E-state index contributed by atoms with van der Waals surface area (Å²) in [5.74, 6) is 0.0754. The molecule has 6 heteroatoms. The van der Waals surface area contributed by atoms with Crippen molar-refractivity contribution in [3.63, 3.8) is 0 Å². The Morgan fingerprint density at radius 3 is 1.71 bits per heavy atom. The van der Waals surface area contributed by atoms with E-state index in [0.717, 1.165) is 25.7 Å². The van der Waals surface area contributed by atoms with E-state index in [4.69, 9.17) is 11.6 Å². The van der Waals surface area contributed by atoms with Crippen LogP contribution < -0.4 is 4.72 Å². The largest absolute Gasteiger partial charge is 0.279 e. The van der Waals surface area contributed by atoms with Gasteiger partial charge in [0.2, 0.25) is 15.3 Å². The van der Waals surface area contributed by atoms with Crippen LogP contribution in [0, 0.1) is 0 Å². The molecule has 0 spiro atoms. The van der Waals surface area contributed by atoms with Crippen LogP contribution in [0.4, 0.5) is 0 Å². The lowest BCUT2D eigenvalue weighted by Gasteiger charge is -2.14.